The lowest BCUT2D eigenvalue weighted by molar-refractivity contribution is 0.663. The quantitative estimate of drug-likeness (QED) is 0.612. The van der Waals surface area contributed by atoms with Crippen LogP contribution < -0.4 is 16.3 Å². The predicted octanol–water partition coefficient (Wildman–Crippen LogP) is 2.38. The van der Waals surface area contributed by atoms with E-state index in [1.165, 1.54) is 9.13 Å². The fourth-order valence-electron chi connectivity index (χ4n) is 3.57. The van der Waals surface area contributed by atoms with Crippen LogP contribution in [0.2, 0.25) is 0 Å². The molecule has 1 aliphatic heterocycles. The number of aryl methyl sites for hydroxylation is 1. The van der Waals surface area contributed by atoms with Gasteiger partial charge in [-0.2, -0.15) is 10.1 Å². The molecular weight excluding hydrogens is 380 g/mol. The van der Waals surface area contributed by atoms with Gasteiger partial charge in [-0.25, -0.2) is 9.80 Å². The molecule has 0 bridgehead atoms. The Hall–Kier alpha value is -3.68. The van der Waals surface area contributed by atoms with Gasteiger partial charge in [0.2, 0.25) is 5.95 Å². The molecule has 2 aromatic heterocycles. The van der Waals surface area contributed by atoms with E-state index in [0.717, 1.165) is 11.3 Å². The molecule has 1 aromatic carbocycles. The molecule has 0 aliphatic carbocycles. The van der Waals surface area contributed by atoms with Crippen molar-refractivity contribution in [1.29, 1.82) is 0 Å². The Morgan fingerprint density at radius 2 is 1.87 bits per heavy atom. The van der Waals surface area contributed by atoms with Gasteiger partial charge in [-0.15, -0.1) is 0 Å². The SMILES string of the molecule is C/C=C/Cn1c(=O)c2c(nc3n2CC(C)=NN3C/C=C/c2ccccc2)n(C)c1=O. The zero-order chi connectivity index (χ0) is 21.3. The van der Waals surface area contributed by atoms with Gasteiger partial charge in [0.1, 0.15) is 0 Å². The molecule has 3 heterocycles. The molecule has 0 saturated heterocycles. The van der Waals surface area contributed by atoms with E-state index in [1.54, 1.807) is 18.1 Å². The molecule has 0 fully saturated rings. The first-order valence-electron chi connectivity index (χ1n) is 9.85. The van der Waals surface area contributed by atoms with Crippen LogP contribution in [0.3, 0.4) is 0 Å². The standard InChI is InChI=1S/C22H24N6O2/c1-4-5-13-26-20(29)18-19(25(3)22(26)30)23-21-27(18)15-16(2)24-28(21)14-9-12-17-10-7-6-8-11-17/h4-12H,13-15H2,1-3H3/b5-4+,12-9+. The maximum atomic E-state index is 13.1. The summed E-state index contributed by atoms with van der Waals surface area (Å²) in [6, 6.07) is 10.0. The Balaban J connectivity index is 1.79. The van der Waals surface area contributed by atoms with E-state index in [9.17, 15) is 9.59 Å². The number of anilines is 1. The van der Waals surface area contributed by atoms with Crippen molar-refractivity contribution in [2.75, 3.05) is 11.6 Å². The van der Waals surface area contributed by atoms with Gasteiger partial charge in [-0.1, -0.05) is 54.6 Å². The number of aromatic nitrogens is 4. The average molecular weight is 404 g/mol. The number of nitrogens with zero attached hydrogens (tertiary/aromatic N) is 6. The normalized spacial score (nSPS) is 14.1. The van der Waals surface area contributed by atoms with Crippen LogP contribution in [0.1, 0.15) is 19.4 Å². The van der Waals surface area contributed by atoms with Gasteiger partial charge >= 0.3 is 5.69 Å². The minimum atomic E-state index is -0.380. The van der Waals surface area contributed by atoms with Crippen molar-refractivity contribution in [3.8, 4) is 0 Å². The van der Waals surface area contributed by atoms with Crippen molar-refractivity contribution >= 4 is 28.9 Å². The Morgan fingerprint density at radius 1 is 1.10 bits per heavy atom. The highest BCUT2D eigenvalue weighted by Gasteiger charge is 2.25. The molecule has 0 radical (unpaired) electrons. The van der Waals surface area contributed by atoms with Crippen LogP contribution in [-0.4, -0.2) is 30.9 Å². The minimum absolute atomic E-state index is 0.231. The van der Waals surface area contributed by atoms with Crippen LogP contribution >= 0.6 is 0 Å². The fraction of sp³-hybridized carbons (Fsp3) is 0.273. The summed E-state index contributed by atoms with van der Waals surface area (Å²) in [6.45, 7) is 4.96. The van der Waals surface area contributed by atoms with Crippen molar-refractivity contribution in [3.05, 3.63) is 75.0 Å². The van der Waals surface area contributed by atoms with Gasteiger partial charge in [0.05, 0.1) is 18.8 Å². The number of imidazole rings is 1. The van der Waals surface area contributed by atoms with E-state index in [4.69, 9.17) is 0 Å². The first kappa shape index (κ1) is 19.6. The molecule has 4 rings (SSSR count). The second-order valence-corrected chi connectivity index (χ2v) is 7.23. The maximum Gasteiger partial charge on any atom is 0.332 e. The fourth-order valence-corrected chi connectivity index (χ4v) is 3.57. The molecule has 0 amide bonds. The van der Waals surface area contributed by atoms with Crippen LogP contribution in [0.15, 0.2) is 63.3 Å². The Morgan fingerprint density at radius 3 is 2.60 bits per heavy atom. The third-order valence-electron chi connectivity index (χ3n) is 5.03. The second kappa shape index (κ2) is 7.98. The summed E-state index contributed by atoms with van der Waals surface area (Å²) in [5, 5.41) is 6.37. The zero-order valence-corrected chi connectivity index (χ0v) is 17.3. The summed E-state index contributed by atoms with van der Waals surface area (Å²) in [5.74, 6) is 0.559. The van der Waals surface area contributed by atoms with Crippen LogP contribution in [0, 0.1) is 0 Å². The van der Waals surface area contributed by atoms with Crippen molar-refractivity contribution < 1.29 is 0 Å². The van der Waals surface area contributed by atoms with Gasteiger partial charge in [0.25, 0.3) is 5.56 Å². The maximum absolute atomic E-state index is 13.1. The third kappa shape index (κ3) is 3.41. The molecule has 0 atom stereocenters. The number of fused-ring (bicyclic) bond motifs is 3. The van der Waals surface area contributed by atoms with Crippen LogP contribution in [0.25, 0.3) is 17.2 Å². The minimum Gasteiger partial charge on any atom is -0.297 e. The Labute approximate surface area is 173 Å². The van der Waals surface area contributed by atoms with E-state index < -0.39 is 0 Å². The highest BCUT2D eigenvalue weighted by atomic mass is 16.2. The average Bonchev–Trinajstić information content (AvgIpc) is 3.13. The van der Waals surface area contributed by atoms with Crippen molar-refractivity contribution in [1.82, 2.24) is 18.7 Å². The number of hydrogen-bond donors (Lipinski definition) is 0. The van der Waals surface area contributed by atoms with E-state index in [1.807, 2.05) is 67.0 Å². The number of rotatable bonds is 5. The molecular formula is C22H24N6O2. The van der Waals surface area contributed by atoms with Gasteiger partial charge < -0.3 is 0 Å². The number of benzene rings is 1. The molecule has 8 heteroatoms. The number of hydrazone groups is 1. The lowest BCUT2D eigenvalue weighted by atomic mass is 10.2. The first-order valence-corrected chi connectivity index (χ1v) is 9.85. The first-order chi connectivity index (χ1) is 14.5. The van der Waals surface area contributed by atoms with Crippen LogP contribution in [0.5, 0.6) is 0 Å². The molecule has 0 spiro atoms. The summed E-state index contributed by atoms with van der Waals surface area (Å²) in [6.07, 6.45) is 7.63. The Kier molecular flexibility index (Phi) is 5.22. The highest BCUT2D eigenvalue weighted by Crippen LogP contribution is 2.23. The van der Waals surface area contributed by atoms with Crippen LogP contribution in [0.4, 0.5) is 5.95 Å². The molecule has 0 N–H and O–H groups in total. The number of hydrogen-bond acceptors (Lipinski definition) is 5. The van der Waals surface area contributed by atoms with Crippen molar-refractivity contribution in [3.63, 3.8) is 0 Å². The molecule has 8 nitrogen and oxygen atoms in total. The molecule has 154 valence electrons. The summed E-state index contributed by atoms with van der Waals surface area (Å²) < 4.78 is 4.51. The second-order valence-electron chi connectivity index (χ2n) is 7.23. The molecule has 3 aromatic rings. The molecule has 30 heavy (non-hydrogen) atoms. The number of allylic oxidation sites excluding steroid dienone is 2. The highest BCUT2D eigenvalue weighted by molar-refractivity contribution is 5.87. The Bertz CT molecular complexity index is 1290. The van der Waals surface area contributed by atoms with Crippen molar-refractivity contribution in [2.45, 2.75) is 26.9 Å². The van der Waals surface area contributed by atoms with E-state index in [0.29, 0.717) is 30.2 Å². The topological polar surface area (TPSA) is 77.4 Å². The van der Waals surface area contributed by atoms with Gasteiger partial charge in [-0.3, -0.25) is 18.5 Å². The summed E-state index contributed by atoms with van der Waals surface area (Å²) in [4.78, 5) is 30.4. The molecule has 1 aliphatic rings. The lowest BCUT2D eigenvalue weighted by Crippen LogP contribution is -2.39. The van der Waals surface area contributed by atoms with Gasteiger partial charge in [0, 0.05) is 13.6 Å². The predicted molar refractivity (Wildman–Crippen MR) is 120 cm³/mol. The summed E-state index contributed by atoms with van der Waals surface area (Å²) in [5.41, 5.74) is 2.04. The largest absolute Gasteiger partial charge is 0.332 e. The lowest BCUT2D eigenvalue weighted by Gasteiger charge is -2.23. The van der Waals surface area contributed by atoms with E-state index in [-0.39, 0.29) is 17.8 Å². The zero-order valence-electron chi connectivity index (χ0n) is 17.3. The smallest absolute Gasteiger partial charge is 0.297 e. The van der Waals surface area contributed by atoms with Gasteiger partial charge in [-0.05, 0) is 19.4 Å². The summed E-state index contributed by atoms with van der Waals surface area (Å²) in [7, 11) is 1.64. The van der Waals surface area contributed by atoms with E-state index in [2.05, 4.69) is 10.1 Å². The van der Waals surface area contributed by atoms with Crippen LogP contribution in [-0.2, 0) is 20.1 Å². The van der Waals surface area contributed by atoms with Crippen molar-refractivity contribution in [2.24, 2.45) is 12.1 Å². The third-order valence-corrected chi connectivity index (χ3v) is 5.03. The summed E-state index contributed by atoms with van der Waals surface area (Å²) >= 11 is 0. The molecule has 0 unspecified atom stereocenters. The molecule has 0 saturated carbocycles. The van der Waals surface area contributed by atoms with E-state index >= 15 is 0 Å². The van der Waals surface area contributed by atoms with Gasteiger partial charge in [0.15, 0.2) is 11.2 Å². The monoisotopic (exact) mass is 404 g/mol.